The van der Waals surface area contributed by atoms with Crippen LogP contribution in [0.15, 0.2) is 0 Å². The molecule has 76 valence electrons. The third kappa shape index (κ3) is 2.44. The van der Waals surface area contributed by atoms with Crippen LogP contribution in [0.25, 0.3) is 0 Å². The van der Waals surface area contributed by atoms with E-state index in [2.05, 4.69) is 12.2 Å². The molecular formula is C11H22N2. The Kier molecular flexibility index (Phi) is 2.89. The van der Waals surface area contributed by atoms with Gasteiger partial charge in [-0.15, -0.1) is 0 Å². The highest BCUT2D eigenvalue weighted by Gasteiger charge is 2.37. The maximum absolute atomic E-state index is 5.95. The molecule has 3 N–H and O–H groups in total. The molecule has 2 saturated carbocycles. The lowest BCUT2D eigenvalue weighted by molar-refractivity contribution is 0.333. The lowest BCUT2D eigenvalue weighted by Gasteiger charge is -2.27. The van der Waals surface area contributed by atoms with Crippen LogP contribution in [0, 0.1) is 5.92 Å². The van der Waals surface area contributed by atoms with Crippen LogP contribution in [0.2, 0.25) is 0 Å². The van der Waals surface area contributed by atoms with Gasteiger partial charge in [0.1, 0.15) is 0 Å². The predicted molar refractivity (Wildman–Crippen MR) is 55.6 cm³/mol. The second kappa shape index (κ2) is 3.97. The van der Waals surface area contributed by atoms with Crippen molar-refractivity contribution >= 4 is 0 Å². The normalized spacial score (nSPS) is 44.8. The summed E-state index contributed by atoms with van der Waals surface area (Å²) >= 11 is 0. The topological polar surface area (TPSA) is 38.0 Å². The summed E-state index contributed by atoms with van der Waals surface area (Å²) in [5.74, 6) is 0.971. The van der Waals surface area contributed by atoms with E-state index in [1.807, 2.05) is 0 Å². The fourth-order valence-corrected chi connectivity index (χ4v) is 2.58. The number of nitrogens with one attached hydrogen (secondary N) is 1. The van der Waals surface area contributed by atoms with E-state index in [0.29, 0.717) is 6.04 Å². The molecule has 0 amide bonds. The van der Waals surface area contributed by atoms with E-state index in [4.69, 9.17) is 5.73 Å². The van der Waals surface area contributed by atoms with Crippen LogP contribution in [0.1, 0.15) is 45.4 Å². The average Bonchev–Trinajstić information content (AvgIpc) is 2.83. The van der Waals surface area contributed by atoms with Crippen LogP contribution < -0.4 is 11.1 Å². The Morgan fingerprint density at radius 3 is 2.77 bits per heavy atom. The van der Waals surface area contributed by atoms with E-state index < -0.39 is 0 Å². The minimum Gasteiger partial charge on any atom is -0.328 e. The molecule has 2 fully saturated rings. The van der Waals surface area contributed by atoms with E-state index >= 15 is 0 Å². The SMILES string of the molecule is CCC1CC1NC1CCCC(N)C1. The van der Waals surface area contributed by atoms with Crippen molar-refractivity contribution in [1.82, 2.24) is 5.32 Å². The van der Waals surface area contributed by atoms with Crippen molar-refractivity contribution in [3.63, 3.8) is 0 Å². The van der Waals surface area contributed by atoms with Gasteiger partial charge in [-0.05, 0) is 31.6 Å². The average molecular weight is 182 g/mol. The maximum Gasteiger partial charge on any atom is 0.0102 e. The minimum absolute atomic E-state index is 0.463. The molecule has 2 aliphatic carbocycles. The van der Waals surface area contributed by atoms with Crippen LogP contribution in [0.5, 0.6) is 0 Å². The molecule has 0 bridgehead atoms. The van der Waals surface area contributed by atoms with Gasteiger partial charge in [0.15, 0.2) is 0 Å². The molecule has 0 aliphatic heterocycles. The van der Waals surface area contributed by atoms with E-state index in [0.717, 1.165) is 18.0 Å². The zero-order valence-corrected chi connectivity index (χ0v) is 8.63. The van der Waals surface area contributed by atoms with Gasteiger partial charge >= 0.3 is 0 Å². The number of hydrogen-bond donors (Lipinski definition) is 2. The van der Waals surface area contributed by atoms with E-state index in [1.165, 1.54) is 38.5 Å². The van der Waals surface area contributed by atoms with Crippen molar-refractivity contribution in [2.75, 3.05) is 0 Å². The van der Waals surface area contributed by atoms with Gasteiger partial charge in [0.2, 0.25) is 0 Å². The molecule has 0 radical (unpaired) electrons. The molecule has 0 aromatic rings. The largest absolute Gasteiger partial charge is 0.328 e. The van der Waals surface area contributed by atoms with Gasteiger partial charge in [0.25, 0.3) is 0 Å². The quantitative estimate of drug-likeness (QED) is 0.696. The highest BCUT2D eigenvalue weighted by Crippen LogP contribution is 2.34. The van der Waals surface area contributed by atoms with Crippen LogP contribution in [0.3, 0.4) is 0 Å². The summed E-state index contributed by atoms with van der Waals surface area (Å²) < 4.78 is 0. The molecule has 2 heteroatoms. The van der Waals surface area contributed by atoms with E-state index in [9.17, 15) is 0 Å². The van der Waals surface area contributed by atoms with Crippen molar-refractivity contribution in [1.29, 1.82) is 0 Å². The Balaban J connectivity index is 1.70. The minimum atomic E-state index is 0.463. The third-order valence-electron chi connectivity index (χ3n) is 3.61. The maximum atomic E-state index is 5.95. The Morgan fingerprint density at radius 2 is 2.15 bits per heavy atom. The molecule has 2 nitrogen and oxygen atoms in total. The summed E-state index contributed by atoms with van der Waals surface area (Å²) in [5, 5.41) is 3.74. The Labute approximate surface area is 81.3 Å². The highest BCUT2D eigenvalue weighted by molar-refractivity contribution is 4.95. The molecule has 0 spiro atoms. The Bertz CT molecular complexity index is 169. The van der Waals surface area contributed by atoms with Gasteiger partial charge in [-0.1, -0.05) is 19.8 Å². The van der Waals surface area contributed by atoms with E-state index in [-0.39, 0.29) is 0 Å². The third-order valence-corrected chi connectivity index (χ3v) is 3.61. The first-order chi connectivity index (χ1) is 6.29. The van der Waals surface area contributed by atoms with Crippen LogP contribution in [0.4, 0.5) is 0 Å². The van der Waals surface area contributed by atoms with Crippen LogP contribution in [-0.2, 0) is 0 Å². The molecule has 2 rings (SSSR count). The standard InChI is InChI=1S/C11H22N2/c1-2-8-6-11(8)13-10-5-3-4-9(12)7-10/h8-11,13H,2-7,12H2,1H3. The number of hydrogen-bond acceptors (Lipinski definition) is 2. The first kappa shape index (κ1) is 9.47. The molecule has 13 heavy (non-hydrogen) atoms. The van der Waals surface area contributed by atoms with Gasteiger partial charge in [0, 0.05) is 18.1 Å². The van der Waals surface area contributed by atoms with Crippen LogP contribution in [-0.4, -0.2) is 18.1 Å². The fraction of sp³-hybridized carbons (Fsp3) is 1.00. The smallest absolute Gasteiger partial charge is 0.0102 e. The molecule has 0 aromatic heterocycles. The second-order valence-corrected chi connectivity index (χ2v) is 4.80. The predicted octanol–water partition coefficient (Wildman–Crippen LogP) is 1.64. The monoisotopic (exact) mass is 182 g/mol. The van der Waals surface area contributed by atoms with Gasteiger partial charge in [-0.3, -0.25) is 0 Å². The lowest BCUT2D eigenvalue weighted by atomic mass is 9.91. The Hall–Kier alpha value is -0.0800. The molecule has 4 unspecified atom stereocenters. The first-order valence-corrected chi connectivity index (χ1v) is 5.81. The molecule has 0 saturated heterocycles. The zero-order valence-electron chi connectivity index (χ0n) is 8.63. The van der Waals surface area contributed by atoms with Gasteiger partial charge in [-0.2, -0.15) is 0 Å². The Morgan fingerprint density at radius 1 is 1.31 bits per heavy atom. The van der Waals surface area contributed by atoms with Crippen molar-refractivity contribution < 1.29 is 0 Å². The van der Waals surface area contributed by atoms with Crippen molar-refractivity contribution in [2.45, 2.75) is 63.6 Å². The highest BCUT2D eigenvalue weighted by atomic mass is 15.0. The summed E-state index contributed by atoms with van der Waals surface area (Å²) in [6.07, 6.45) is 7.86. The first-order valence-electron chi connectivity index (χ1n) is 5.81. The van der Waals surface area contributed by atoms with Gasteiger partial charge in [0.05, 0.1) is 0 Å². The summed E-state index contributed by atoms with van der Waals surface area (Å²) in [6.45, 7) is 2.29. The number of rotatable bonds is 3. The van der Waals surface area contributed by atoms with Gasteiger partial charge in [-0.25, -0.2) is 0 Å². The van der Waals surface area contributed by atoms with Crippen molar-refractivity contribution in [3.8, 4) is 0 Å². The van der Waals surface area contributed by atoms with Crippen molar-refractivity contribution in [3.05, 3.63) is 0 Å². The van der Waals surface area contributed by atoms with Gasteiger partial charge < -0.3 is 11.1 Å². The number of nitrogens with two attached hydrogens (primary N) is 1. The summed E-state index contributed by atoms with van der Waals surface area (Å²) in [4.78, 5) is 0. The molecular weight excluding hydrogens is 160 g/mol. The van der Waals surface area contributed by atoms with E-state index in [1.54, 1.807) is 0 Å². The molecule has 0 aromatic carbocycles. The second-order valence-electron chi connectivity index (χ2n) is 4.80. The summed E-state index contributed by atoms with van der Waals surface area (Å²) in [7, 11) is 0. The molecule has 4 atom stereocenters. The zero-order chi connectivity index (χ0) is 9.26. The molecule has 2 aliphatic rings. The van der Waals surface area contributed by atoms with Crippen molar-refractivity contribution in [2.24, 2.45) is 11.7 Å². The fourth-order valence-electron chi connectivity index (χ4n) is 2.58. The summed E-state index contributed by atoms with van der Waals surface area (Å²) in [6, 6.07) is 2.02. The molecule has 0 heterocycles. The van der Waals surface area contributed by atoms with Crippen LogP contribution >= 0.6 is 0 Å². The lowest BCUT2D eigenvalue weighted by Crippen LogP contribution is -2.40. The summed E-state index contributed by atoms with van der Waals surface area (Å²) in [5.41, 5.74) is 5.95.